The molecule has 0 aliphatic carbocycles. The third-order valence-electron chi connectivity index (χ3n) is 6.48. The molecule has 0 saturated carbocycles. The highest BCUT2D eigenvalue weighted by molar-refractivity contribution is 6.10. The highest BCUT2D eigenvalue weighted by atomic mass is 16.3. The van der Waals surface area contributed by atoms with Gasteiger partial charge in [0.05, 0.1) is 0 Å². The summed E-state index contributed by atoms with van der Waals surface area (Å²) >= 11 is 0. The van der Waals surface area contributed by atoms with Gasteiger partial charge in [-0.2, -0.15) is 0 Å². The van der Waals surface area contributed by atoms with Crippen molar-refractivity contribution in [2.24, 2.45) is 5.92 Å². The van der Waals surface area contributed by atoms with Gasteiger partial charge in [-0.3, -0.25) is 0 Å². The molecule has 3 heteroatoms. The Morgan fingerprint density at radius 3 is 1.85 bits per heavy atom. The number of para-hydroxylation sites is 1. The van der Waals surface area contributed by atoms with E-state index in [1.807, 2.05) is 72.8 Å². The first kappa shape index (κ1) is 20.9. The highest BCUT2D eigenvalue weighted by Gasteiger charge is 2.28. The summed E-state index contributed by atoms with van der Waals surface area (Å²) in [5.41, 5.74) is 2.72. The van der Waals surface area contributed by atoms with Crippen molar-refractivity contribution in [2.75, 3.05) is 0 Å². The molecule has 0 radical (unpaired) electrons. The quantitative estimate of drug-likeness (QED) is 0.273. The van der Waals surface area contributed by atoms with Gasteiger partial charge in [0.15, 0.2) is 0 Å². The smallest absolute Gasteiger partial charge is 0.128 e. The molecule has 5 aromatic rings. The molecule has 0 bridgehead atoms. The maximum atomic E-state index is 11.8. The predicted octanol–water partition coefficient (Wildman–Crippen LogP) is 7.56. The van der Waals surface area contributed by atoms with E-state index < -0.39 is 0 Å². The van der Waals surface area contributed by atoms with E-state index in [1.165, 1.54) is 0 Å². The Kier molecular flexibility index (Phi) is 5.18. The number of fused-ring (bicyclic) bond motifs is 2. The van der Waals surface area contributed by atoms with Crippen LogP contribution in [-0.4, -0.2) is 15.3 Å². The summed E-state index contributed by atoms with van der Waals surface area (Å²) in [6.07, 6.45) is 0. The Morgan fingerprint density at radius 2 is 1.15 bits per heavy atom. The van der Waals surface area contributed by atoms with Crippen molar-refractivity contribution in [3.63, 3.8) is 0 Å². The molecule has 0 unspecified atom stereocenters. The van der Waals surface area contributed by atoms with Crippen molar-refractivity contribution in [1.82, 2.24) is 0 Å². The van der Waals surface area contributed by atoms with Crippen LogP contribution < -0.4 is 0 Å². The average Bonchev–Trinajstić information content (AvgIpc) is 2.81. The fourth-order valence-electron chi connectivity index (χ4n) is 5.01. The minimum atomic E-state index is -0.230. The Balaban J connectivity index is 1.91. The van der Waals surface area contributed by atoms with Crippen LogP contribution in [0.3, 0.4) is 0 Å². The molecule has 1 atom stereocenters. The van der Waals surface area contributed by atoms with Gasteiger partial charge in [0, 0.05) is 28.2 Å². The van der Waals surface area contributed by atoms with Crippen molar-refractivity contribution in [3.05, 3.63) is 102 Å². The van der Waals surface area contributed by atoms with Gasteiger partial charge in [0.25, 0.3) is 0 Å². The second-order valence-corrected chi connectivity index (χ2v) is 8.87. The fraction of sp³-hybridized carbons (Fsp3) is 0.133. The number of hydrogen-bond donors (Lipinski definition) is 3. The van der Waals surface area contributed by atoms with Gasteiger partial charge >= 0.3 is 0 Å². The maximum absolute atomic E-state index is 11.8. The maximum Gasteiger partial charge on any atom is 0.128 e. The second-order valence-electron chi connectivity index (χ2n) is 8.87. The van der Waals surface area contributed by atoms with Crippen LogP contribution in [0, 0.1) is 5.92 Å². The molecular formula is C30H26O3. The lowest BCUT2D eigenvalue weighted by Gasteiger charge is -2.26. The molecule has 5 aromatic carbocycles. The van der Waals surface area contributed by atoms with Crippen molar-refractivity contribution in [3.8, 4) is 28.4 Å². The van der Waals surface area contributed by atoms with E-state index >= 15 is 0 Å². The molecular weight excluding hydrogens is 408 g/mol. The van der Waals surface area contributed by atoms with Crippen LogP contribution >= 0.6 is 0 Å². The Morgan fingerprint density at radius 1 is 0.545 bits per heavy atom. The number of aromatic hydroxyl groups is 3. The van der Waals surface area contributed by atoms with Crippen LogP contribution in [0.15, 0.2) is 91.0 Å². The normalized spacial score (nSPS) is 12.5. The Labute approximate surface area is 193 Å². The SMILES string of the molecule is CC(C)[C@H](c1ccccc1O)c1cc2ccccc2c(-c2c(O)ccc3ccccc23)c1O. The minimum absolute atomic E-state index is 0.110. The number of rotatable bonds is 4. The highest BCUT2D eigenvalue weighted by Crippen LogP contribution is 2.50. The van der Waals surface area contributed by atoms with Gasteiger partial charge in [-0.1, -0.05) is 86.6 Å². The van der Waals surface area contributed by atoms with Crippen LogP contribution in [0.25, 0.3) is 32.7 Å². The van der Waals surface area contributed by atoms with E-state index in [0.29, 0.717) is 11.1 Å². The van der Waals surface area contributed by atoms with Crippen LogP contribution in [-0.2, 0) is 0 Å². The van der Waals surface area contributed by atoms with Gasteiger partial charge < -0.3 is 15.3 Å². The first-order valence-corrected chi connectivity index (χ1v) is 11.2. The van der Waals surface area contributed by atoms with E-state index in [4.69, 9.17) is 0 Å². The Hall–Kier alpha value is -3.98. The third-order valence-corrected chi connectivity index (χ3v) is 6.48. The number of phenols is 3. The van der Waals surface area contributed by atoms with Gasteiger partial charge in [-0.05, 0) is 45.7 Å². The van der Waals surface area contributed by atoms with E-state index in [1.54, 1.807) is 18.2 Å². The molecule has 0 amide bonds. The monoisotopic (exact) mass is 434 g/mol. The van der Waals surface area contributed by atoms with Gasteiger partial charge in [-0.25, -0.2) is 0 Å². The molecule has 3 nitrogen and oxygen atoms in total. The lowest BCUT2D eigenvalue weighted by atomic mass is 9.79. The molecule has 0 fully saturated rings. The van der Waals surface area contributed by atoms with E-state index in [0.717, 1.165) is 32.7 Å². The van der Waals surface area contributed by atoms with Crippen molar-refractivity contribution < 1.29 is 15.3 Å². The van der Waals surface area contributed by atoms with Crippen LogP contribution in [0.2, 0.25) is 0 Å². The predicted molar refractivity (Wildman–Crippen MR) is 135 cm³/mol. The summed E-state index contributed by atoms with van der Waals surface area (Å²) in [6, 6.07) is 28.6. The zero-order valence-electron chi connectivity index (χ0n) is 18.7. The number of benzene rings is 5. The molecule has 0 aliphatic rings. The van der Waals surface area contributed by atoms with Crippen LogP contribution in [0.5, 0.6) is 17.2 Å². The molecule has 3 N–H and O–H groups in total. The standard InChI is InChI=1S/C30H26O3/c1-18(2)27(23-13-7-8-14-25(23)31)24-17-20-10-4-6-12-22(20)29(30(24)33)28-21-11-5-3-9-19(21)15-16-26(28)32/h3-18,27,31-33H,1-2H3/t27-/m1/s1. The summed E-state index contributed by atoms with van der Waals surface area (Å²) in [7, 11) is 0. The van der Waals surface area contributed by atoms with Crippen molar-refractivity contribution in [1.29, 1.82) is 0 Å². The Bertz CT molecular complexity index is 1480. The molecule has 0 saturated heterocycles. The zero-order chi connectivity index (χ0) is 23.1. The van der Waals surface area contributed by atoms with E-state index in [2.05, 4.69) is 13.8 Å². The van der Waals surface area contributed by atoms with Crippen molar-refractivity contribution >= 4 is 21.5 Å². The topological polar surface area (TPSA) is 60.7 Å². The molecule has 0 spiro atoms. The summed E-state index contributed by atoms with van der Waals surface area (Å²) in [5.74, 6) is 0.335. The van der Waals surface area contributed by atoms with Gasteiger partial charge in [0.2, 0.25) is 0 Å². The largest absolute Gasteiger partial charge is 0.508 e. The molecule has 164 valence electrons. The number of hydrogen-bond acceptors (Lipinski definition) is 3. The number of phenolic OH excluding ortho intramolecular Hbond substituents is 3. The molecule has 5 rings (SSSR count). The molecule has 0 aromatic heterocycles. The third kappa shape index (κ3) is 3.46. The minimum Gasteiger partial charge on any atom is -0.508 e. The summed E-state index contributed by atoms with van der Waals surface area (Å²) < 4.78 is 0. The first-order chi connectivity index (χ1) is 16.0. The average molecular weight is 435 g/mol. The van der Waals surface area contributed by atoms with Crippen LogP contribution in [0.4, 0.5) is 0 Å². The lowest BCUT2D eigenvalue weighted by Crippen LogP contribution is -2.10. The first-order valence-electron chi connectivity index (χ1n) is 11.2. The zero-order valence-corrected chi connectivity index (χ0v) is 18.7. The summed E-state index contributed by atoms with van der Waals surface area (Å²) in [5, 5.41) is 37.1. The van der Waals surface area contributed by atoms with Crippen LogP contribution in [0.1, 0.15) is 30.9 Å². The van der Waals surface area contributed by atoms with Gasteiger partial charge in [-0.15, -0.1) is 0 Å². The molecule has 33 heavy (non-hydrogen) atoms. The van der Waals surface area contributed by atoms with Gasteiger partial charge in [0.1, 0.15) is 17.2 Å². The second kappa shape index (κ2) is 8.18. The summed E-state index contributed by atoms with van der Waals surface area (Å²) in [6.45, 7) is 4.17. The lowest BCUT2D eigenvalue weighted by molar-refractivity contribution is 0.436. The van der Waals surface area contributed by atoms with Crippen molar-refractivity contribution in [2.45, 2.75) is 19.8 Å². The fourth-order valence-corrected chi connectivity index (χ4v) is 5.01. The molecule has 0 aliphatic heterocycles. The summed E-state index contributed by atoms with van der Waals surface area (Å²) in [4.78, 5) is 0. The van der Waals surface area contributed by atoms with E-state index in [9.17, 15) is 15.3 Å². The van der Waals surface area contributed by atoms with E-state index in [-0.39, 0.29) is 29.1 Å². The molecule has 0 heterocycles.